The summed E-state index contributed by atoms with van der Waals surface area (Å²) in [5.41, 5.74) is 6.72. The summed E-state index contributed by atoms with van der Waals surface area (Å²) in [5, 5.41) is 3.76. The summed E-state index contributed by atoms with van der Waals surface area (Å²) in [7, 11) is 10.5. The fraction of sp³-hybridized carbons (Fsp3) is 0.368. The van der Waals surface area contributed by atoms with E-state index in [1.807, 2.05) is 18.2 Å². The lowest BCUT2D eigenvalue weighted by Gasteiger charge is -2.37. The fourth-order valence-electron chi connectivity index (χ4n) is 7.31. The minimum Gasteiger partial charge on any atom is -0.493 e. The third kappa shape index (κ3) is 5.57. The van der Waals surface area contributed by atoms with Crippen molar-refractivity contribution in [1.82, 2.24) is 10.2 Å². The van der Waals surface area contributed by atoms with E-state index in [9.17, 15) is 0 Å². The number of rotatable bonds is 5. The molecule has 4 heterocycles. The number of methoxy groups -OCH3 is 5. The van der Waals surface area contributed by atoms with Crippen LogP contribution in [0.4, 0.5) is 0 Å². The van der Waals surface area contributed by atoms with Gasteiger partial charge in [-0.25, -0.2) is 0 Å². The molecule has 8 rings (SSSR count). The molecule has 1 N–H and O–H groups in total. The Hall–Kier alpha value is -4.60. The van der Waals surface area contributed by atoms with Gasteiger partial charge in [0.05, 0.1) is 35.5 Å². The second-order valence-electron chi connectivity index (χ2n) is 12.3. The highest BCUT2D eigenvalue weighted by Gasteiger charge is 2.35. The summed E-state index contributed by atoms with van der Waals surface area (Å²) in [6.07, 6.45) is 3.07. The minimum atomic E-state index is -0.0840. The summed E-state index contributed by atoms with van der Waals surface area (Å²) in [4.78, 5) is 2.39. The van der Waals surface area contributed by atoms with Crippen LogP contribution in [0.25, 0.3) is 0 Å². The third-order valence-corrected chi connectivity index (χ3v) is 9.70. The Morgan fingerprint density at radius 1 is 0.702 bits per heavy atom. The molecule has 4 aliphatic heterocycles. The lowest BCUT2D eigenvalue weighted by molar-refractivity contribution is 0.224. The first-order valence-corrected chi connectivity index (χ1v) is 16.1. The highest BCUT2D eigenvalue weighted by atomic mass is 16.6. The van der Waals surface area contributed by atoms with Crippen LogP contribution in [0.2, 0.25) is 0 Å². The lowest BCUT2D eigenvalue weighted by atomic mass is 9.87. The summed E-state index contributed by atoms with van der Waals surface area (Å²) in [5.74, 6) is 5.71. The first kappa shape index (κ1) is 31.0. The van der Waals surface area contributed by atoms with Gasteiger partial charge in [0.15, 0.2) is 34.5 Å². The van der Waals surface area contributed by atoms with Crippen LogP contribution in [0.3, 0.4) is 0 Å². The predicted octanol–water partition coefficient (Wildman–Crippen LogP) is 6.83. The van der Waals surface area contributed by atoms with E-state index in [-0.39, 0.29) is 12.1 Å². The van der Waals surface area contributed by atoms with Crippen LogP contribution in [-0.4, -0.2) is 60.6 Å². The summed E-state index contributed by atoms with van der Waals surface area (Å²) in [6, 6.07) is 18.6. The van der Waals surface area contributed by atoms with Crippen molar-refractivity contribution in [1.29, 1.82) is 0 Å². The standard InChI is InChI=1S/C38H42N2O7/c1-40-16-14-26-27-21-33(43-4)36(44-5)35(26)47-38-34-24(20-32(42-3)37(38)45-6)13-15-39-28(34)17-23-9-12-30(41-2)31(19-23)46-25-10-7-22(8-11-25)18-29(27)40/h7-12,19-21,28-29,39H,13-18H2,1-6H3. The summed E-state index contributed by atoms with van der Waals surface area (Å²) in [6.45, 7) is 1.67. The molecular formula is C38H42N2O7. The van der Waals surface area contributed by atoms with E-state index in [2.05, 4.69) is 53.7 Å². The van der Waals surface area contributed by atoms with E-state index in [1.54, 1.807) is 35.5 Å². The van der Waals surface area contributed by atoms with Crippen LogP contribution in [0.15, 0.2) is 54.6 Å². The zero-order valence-corrected chi connectivity index (χ0v) is 27.9. The molecule has 0 saturated carbocycles. The maximum absolute atomic E-state index is 7.16. The Balaban J connectivity index is 1.50. The van der Waals surface area contributed by atoms with Gasteiger partial charge in [-0.05, 0) is 97.9 Å². The maximum Gasteiger partial charge on any atom is 0.204 e. The molecule has 2 atom stereocenters. The Labute approximate surface area is 276 Å². The van der Waals surface area contributed by atoms with Gasteiger partial charge >= 0.3 is 0 Å². The molecular weight excluding hydrogens is 596 g/mol. The zero-order valence-electron chi connectivity index (χ0n) is 27.9. The van der Waals surface area contributed by atoms with E-state index >= 15 is 0 Å². The van der Waals surface area contributed by atoms with Gasteiger partial charge < -0.3 is 38.5 Å². The molecule has 47 heavy (non-hydrogen) atoms. The van der Waals surface area contributed by atoms with E-state index in [0.29, 0.717) is 52.4 Å². The molecule has 0 fully saturated rings. The SMILES string of the molecule is COc1ccc2cc1Oc1ccc(cc1)CC1c3cc(OC)c(OC)c(c3CCN1C)Oc1c(OC)c(OC)cc3c1C(C2)NCC3. The molecule has 0 aliphatic carbocycles. The molecule has 0 radical (unpaired) electrons. The predicted molar refractivity (Wildman–Crippen MR) is 180 cm³/mol. The molecule has 0 aromatic heterocycles. The van der Waals surface area contributed by atoms with Crippen LogP contribution >= 0.6 is 0 Å². The minimum absolute atomic E-state index is 0.0823. The van der Waals surface area contributed by atoms with Crippen LogP contribution in [0.5, 0.6) is 51.7 Å². The number of nitrogens with zero attached hydrogens (tertiary/aromatic N) is 1. The molecule has 8 bridgehead atoms. The number of likely N-dealkylation sites (N-methyl/N-ethyl adjacent to an activating group) is 1. The van der Waals surface area contributed by atoms with Gasteiger partial charge in [-0.3, -0.25) is 4.90 Å². The average molecular weight is 639 g/mol. The Kier molecular flexibility index (Phi) is 8.51. The van der Waals surface area contributed by atoms with Crippen LogP contribution in [-0.2, 0) is 25.7 Å². The third-order valence-electron chi connectivity index (χ3n) is 9.70. The number of benzene rings is 4. The monoisotopic (exact) mass is 638 g/mol. The van der Waals surface area contributed by atoms with Crippen molar-refractivity contribution in [2.75, 3.05) is 55.7 Å². The number of ether oxygens (including phenoxy) is 7. The number of hydrogen-bond acceptors (Lipinski definition) is 9. The number of nitrogens with one attached hydrogen (secondary N) is 1. The molecule has 9 nitrogen and oxygen atoms in total. The zero-order chi connectivity index (χ0) is 32.7. The highest BCUT2D eigenvalue weighted by molar-refractivity contribution is 5.67. The molecule has 9 heteroatoms. The highest BCUT2D eigenvalue weighted by Crippen LogP contribution is 2.54. The van der Waals surface area contributed by atoms with E-state index in [4.69, 9.17) is 33.2 Å². The van der Waals surface area contributed by atoms with Gasteiger partial charge in [0.25, 0.3) is 0 Å². The van der Waals surface area contributed by atoms with E-state index in [0.717, 1.165) is 65.9 Å². The van der Waals surface area contributed by atoms with Crippen LogP contribution < -0.4 is 38.5 Å². The van der Waals surface area contributed by atoms with Crippen LogP contribution in [0, 0.1) is 0 Å². The van der Waals surface area contributed by atoms with E-state index in [1.165, 1.54) is 5.56 Å². The topological polar surface area (TPSA) is 79.9 Å². The first-order valence-electron chi connectivity index (χ1n) is 16.1. The Morgan fingerprint density at radius 2 is 1.40 bits per heavy atom. The van der Waals surface area contributed by atoms with Crippen molar-refractivity contribution in [3.8, 4) is 51.7 Å². The first-order chi connectivity index (χ1) is 23.0. The molecule has 246 valence electrons. The molecule has 0 amide bonds. The average Bonchev–Trinajstić information content (AvgIpc) is 3.09. The molecule has 0 saturated heterocycles. The van der Waals surface area contributed by atoms with Gasteiger partial charge in [-0.2, -0.15) is 0 Å². The van der Waals surface area contributed by atoms with Gasteiger partial charge in [-0.1, -0.05) is 18.2 Å². The van der Waals surface area contributed by atoms with Crippen molar-refractivity contribution >= 4 is 0 Å². The molecule has 0 spiro atoms. The van der Waals surface area contributed by atoms with Crippen LogP contribution in [0.1, 0.15) is 45.5 Å². The lowest BCUT2D eigenvalue weighted by Crippen LogP contribution is -2.34. The number of fused-ring (bicyclic) bond motifs is 2. The van der Waals surface area contributed by atoms with E-state index < -0.39 is 0 Å². The smallest absolute Gasteiger partial charge is 0.204 e. The van der Waals surface area contributed by atoms with Crippen molar-refractivity contribution in [2.45, 2.75) is 37.8 Å². The molecule has 4 aromatic carbocycles. The van der Waals surface area contributed by atoms with Crippen molar-refractivity contribution in [2.24, 2.45) is 0 Å². The second kappa shape index (κ2) is 12.9. The molecule has 4 aliphatic rings. The number of hydrogen-bond donors (Lipinski definition) is 1. The van der Waals surface area contributed by atoms with Crippen molar-refractivity contribution < 1.29 is 33.2 Å². The largest absolute Gasteiger partial charge is 0.493 e. The summed E-state index contributed by atoms with van der Waals surface area (Å²) >= 11 is 0. The Morgan fingerprint density at radius 3 is 2.13 bits per heavy atom. The van der Waals surface area contributed by atoms with Gasteiger partial charge in [0.2, 0.25) is 11.5 Å². The van der Waals surface area contributed by atoms with Gasteiger partial charge in [0, 0.05) is 29.8 Å². The van der Waals surface area contributed by atoms with Gasteiger partial charge in [-0.15, -0.1) is 0 Å². The Bertz CT molecular complexity index is 1790. The molecule has 4 aromatic rings. The summed E-state index contributed by atoms with van der Waals surface area (Å²) < 4.78 is 43.2. The van der Waals surface area contributed by atoms with Crippen molar-refractivity contribution in [3.63, 3.8) is 0 Å². The molecule has 2 unspecified atom stereocenters. The maximum atomic E-state index is 7.16. The quantitative estimate of drug-likeness (QED) is 0.253. The second-order valence-corrected chi connectivity index (χ2v) is 12.3. The fourth-order valence-corrected chi connectivity index (χ4v) is 7.31. The normalized spacial score (nSPS) is 18.5. The van der Waals surface area contributed by atoms with Gasteiger partial charge in [0.1, 0.15) is 5.75 Å². The van der Waals surface area contributed by atoms with Crippen molar-refractivity contribution in [3.05, 3.63) is 88.0 Å².